The first kappa shape index (κ1) is 17.8. The van der Waals surface area contributed by atoms with Gasteiger partial charge in [0.2, 0.25) is 0 Å². The molecule has 5 atom stereocenters. The second-order valence-corrected chi connectivity index (χ2v) is 8.12. The van der Waals surface area contributed by atoms with Crippen LogP contribution in [0.15, 0.2) is 41.7 Å². The number of hydrogen-bond acceptors (Lipinski definition) is 1. The van der Waals surface area contributed by atoms with Crippen LogP contribution < -0.4 is 0 Å². The fourth-order valence-electron chi connectivity index (χ4n) is 5.57. The van der Waals surface area contributed by atoms with Gasteiger partial charge in [-0.05, 0) is 67.6 Å². The van der Waals surface area contributed by atoms with E-state index in [0.717, 1.165) is 6.42 Å². The SMILES string of the molecule is Cc1ccc2c(c1)C[C@@H](C)C1C3=CC=C(O)[C@@]3(C)C[C@H](C)C21.[Ac]. The molecule has 0 saturated heterocycles. The Hall–Kier alpha value is -0.0584. The quantitative estimate of drug-likeness (QED) is 0.491. The molecule has 0 aromatic heterocycles. The molecule has 1 aromatic carbocycles. The predicted molar refractivity (Wildman–Crippen MR) is 91.0 cm³/mol. The van der Waals surface area contributed by atoms with E-state index in [1.165, 1.54) is 17.6 Å². The minimum absolute atomic E-state index is 0. The molecule has 0 amide bonds. The third-order valence-corrected chi connectivity index (χ3v) is 6.53. The molecule has 3 aliphatic carbocycles. The average molecular weight is 521 g/mol. The van der Waals surface area contributed by atoms with Crippen LogP contribution in [-0.4, -0.2) is 5.11 Å². The third kappa shape index (κ3) is 2.51. The van der Waals surface area contributed by atoms with E-state index in [1.54, 1.807) is 11.1 Å². The van der Waals surface area contributed by atoms with E-state index in [-0.39, 0.29) is 49.5 Å². The number of benzene rings is 1. The van der Waals surface area contributed by atoms with Gasteiger partial charge in [-0.2, -0.15) is 0 Å². The molecule has 0 heterocycles. The molecular formula is C21H26AcO. The van der Waals surface area contributed by atoms with Crippen LogP contribution in [0.3, 0.4) is 0 Å². The summed E-state index contributed by atoms with van der Waals surface area (Å²) in [5, 5.41) is 10.4. The molecular weight excluding hydrogens is 495 g/mol. The van der Waals surface area contributed by atoms with Crippen molar-refractivity contribution in [2.75, 3.05) is 0 Å². The van der Waals surface area contributed by atoms with Crippen LogP contribution in [-0.2, 0) is 6.42 Å². The van der Waals surface area contributed by atoms with E-state index in [9.17, 15) is 5.11 Å². The van der Waals surface area contributed by atoms with Gasteiger partial charge in [-0.3, -0.25) is 0 Å². The number of aliphatic hydroxyl groups excluding tert-OH is 1. The van der Waals surface area contributed by atoms with Gasteiger partial charge < -0.3 is 5.11 Å². The smallest absolute Gasteiger partial charge is 0.102 e. The summed E-state index contributed by atoms with van der Waals surface area (Å²) in [7, 11) is 0. The molecule has 23 heavy (non-hydrogen) atoms. The average Bonchev–Trinajstić information content (AvgIpc) is 2.74. The normalized spacial score (nSPS) is 37.7. The minimum Gasteiger partial charge on any atom is -0.511 e. The summed E-state index contributed by atoms with van der Waals surface area (Å²) < 4.78 is 0. The van der Waals surface area contributed by atoms with Gasteiger partial charge in [0.15, 0.2) is 0 Å². The van der Waals surface area contributed by atoms with Crippen molar-refractivity contribution in [3.05, 3.63) is 58.4 Å². The number of rotatable bonds is 0. The van der Waals surface area contributed by atoms with Crippen molar-refractivity contribution in [2.24, 2.45) is 23.2 Å². The van der Waals surface area contributed by atoms with Gasteiger partial charge in [0, 0.05) is 49.5 Å². The molecule has 3 aliphatic rings. The molecule has 2 unspecified atom stereocenters. The molecule has 1 fully saturated rings. The Kier molecular flexibility index (Phi) is 4.66. The van der Waals surface area contributed by atoms with Crippen molar-refractivity contribution >= 4 is 0 Å². The summed E-state index contributed by atoms with van der Waals surface area (Å²) in [6.45, 7) is 9.21. The summed E-state index contributed by atoms with van der Waals surface area (Å²) in [4.78, 5) is 0. The van der Waals surface area contributed by atoms with E-state index in [4.69, 9.17) is 0 Å². The topological polar surface area (TPSA) is 20.2 Å². The molecule has 119 valence electrons. The predicted octanol–water partition coefficient (Wildman–Crippen LogP) is 5.32. The van der Waals surface area contributed by atoms with Crippen molar-refractivity contribution in [3.8, 4) is 0 Å². The van der Waals surface area contributed by atoms with Crippen LogP contribution in [0.5, 0.6) is 0 Å². The zero-order valence-corrected chi connectivity index (χ0v) is 19.4. The Labute approximate surface area is 175 Å². The van der Waals surface area contributed by atoms with Crippen LogP contribution in [0.1, 0.15) is 49.8 Å². The molecule has 0 bridgehead atoms. The van der Waals surface area contributed by atoms with Crippen LogP contribution >= 0.6 is 0 Å². The van der Waals surface area contributed by atoms with Gasteiger partial charge in [-0.15, -0.1) is 0 Å². The largest absolute Gasteiger partial charge is 0.511 e. The molecule has 1 N–H and O–H groups in total. The Morgan fingerprint density at radius 2 is 1.83 bits per heavy atom. The monoisotopic (exact) mass is 521 g/mol. The summed E-state index contributed by atoms with van der Waals surface area (Å²) in [5.74, 6) is 3.01. The fourth-order valence-corrected chi connectivity index (χ4v) is 5.57. The fraction of sp³-hybridized carbons (Fsp3) is 0.524. The van der Waals surface area contributed by atoms with Crippen LogP contribution in [0.25, 0.3) is 0 Å². The minimum atomic E-state index is -0.114. The van der Waals surface area contributed by atoms with E-state index in [1.807, 2.05) is 6.08 Å². The van der Waals surface area contributed by atoms with Gasteiger partial charge in [-0.1, -0.05) is 49.3 Å². The zero-order valence-electron chi connectivity index (χ0n) is 14.6. The van der Waals surface area contributed by atoms with Gasteiger partial charge >= 0.3 is 0 Å². The van der Waals surface area contributed by atoms with Crippen LogP contribution in [0.2, 0.25) is 0 Å². The second kappa shape index (κ2) is 6.03. The van der Waals surface area contributed by atoms with Gasteiger partial charge in [-0.25, -0.2) is 0 Å². The Morgan fingerprint density at radius 3 is 2.57 bits per heavy atom. The molecule has 4 rings (SSSR count). The van der Waals surface area contributed by atoms with Crippen molar-refractivity contribution in [2.45, 2.75) is 46.5 Å². The maximum atomic E-state index is 10.4. The Balaban J connectivity index is 0.00000156. The van der Waals surface area contributed by atoms with Crippen molar-refractivity contribution in [1.29, 1.82) is 0 Å². The number of hydrogen-bond donors (Lipinski definition) is 1. The number of fused-ring (bicyclic) bond motifs is 5. The van der Waals surface area contributed by atoms with Crippen LogP contribution in [0, 0.1) is 74.2 Å². The number of allylic oxidation sites excluding steroid dienone is 3. The van der Waals surface area contributed by atoms with E-state index >= 15 is 0 Å². The molecule has 0 aliphatic heterocycles. The second-order valence-electron chi connectivity index (χ2n) is 8.12. The molecule has 1 nitrogen and oxygen atoms in total. The molecule has 1 saturated carbocycles. The molecule has 1 aromatic rings. The van der Waals surface area contributed by atoms with Crippen molar-refractivity contribution in [1.82, 2.24) is 0 Å². The first-order valence-electron chi connectivity index (χ1n) is 8.63. The molecule has 1 radical (unpaired) electrons. The first-order valence-corrected chi connectivity index (χ1v) is 8.63. The molecule has 0 spiro atoms. The van der Waals surface area contributed by atoms with Crippen LogP contribution in [0.4, 0.5) is 0 Å². The van der Waals surface area contributed by atoms with Gasteiger partial charge in [0.05, 0.1) is 0 Å². The van der Waals surface area contributed by atoms with Crippen molar-refractivity contribution < 1.29 is 49.2 Å². The van der Waals surface area contributed by atoms with Crippen molar-refractivity contribution in [3.63, 3.8) is 0 Å². The Morgan fingerprint density at radius 1 is 1.09 bits per heavy atom. The summed E-state index contributed by atoms with van der Waals surface area (Å²) in [5.41, 5.74) is 5.86. The maximum absolute atomic E-state index is 10.4. The third-order valence-electron chi connectivity index (χ3n) is 6.53. The van der Waals surface area contributed by atoms with Gasteiger partial charge in [0.25, 0.3) is 0 Å². The zero-order chi connectivity index (χ0) is 15.6. The summed E-state index contributed by atoms with van der Waals surface area (Å²) in [6.07, 6.45) is 6.39. The Bertz CT molecular complexity index is 702. The van der Waals surface area contributed by atoms with E-state index in [0.29, 0.717) is 29.4 Å². The van der Waals surface area contributed by atoms with Gasteiger partial charge in [0.1, 0.15) is 5.76 Å². The maximum Gasteiger partial charge on any atom is 0.102 e. The molecule has 2 heteroatoms. The van der Waals surface area contributed by atoms with E-state index < -0.39 is 0 Å². The van der Waals surface area contributed by atoms with E-state index in [2.05, 4.69) is 52.0 Å². The first-order chi connectivity index (χ1) is 10.4. The summed E-state index contributed by atoms with van der Waals surface area (Å²) >= 11 is 0. The standard InChI is InChI=1S/C21H26O.Ac/c1-12-5-6-16-15(9-12)10-13(2)20-17-7-8-18(22)21(17,4)11-14(3)19(16)20;/h5-9,13-14,19-20,22H,10-11H2,1-4H3;/t13-,14+,19?,20?,21+;/m1./s1. The number of aliphatic hydroxyl groups is 1. The summed E-state index contributed by atoms with van der Waals surface area (Å²) in [6, 6.07) is 7.03. The number of aryl methyl sites for hydroxylation is 1.